The fourth-order valence-corrected chi connectivity index (χ4v) is 5.83. The lowest BCUT2D eigenvalue weighted by Gasteiger charge is -2.31. The highest BCUT2D eigenvalue weighted by Gasteiger charge is 2.30. The molecule has 0 radical (unpaired) electrons. The number of likely N-dealkylation sites (N-methyl/N-ethyl adjacent to an activating group) is 1. The lowest BCUT2D eigenvalue weighted by Crippen LogP contribution is -2.46. The number of fused-ring (bicyclic) bond motifs is 1. The standard InChI is InChI=1S/C31H33N5O5S/c1-35-12-14-36(15-13-35)19-25(37)21-6-8-22(9-7-21)29(41-23-10-4-20(18-32)5-11-23)30(38)34-31-33-24-16-26(39-2)27(40-3)17-28(24)42-31/h4-11,16-17,29,31,33H,12-15,19H2,1-3H3,(H,34,38). The molecule has 0 aromatic heterocycles. The van der Waals surface area contributed by atoms with Crippen LogP contribution in [0, 0.1) is 11.3 Å². The molecule has 0 aliphatic carbocycles. The van der Waals surface area contributed by atoms with Crippen molar-refractivity contribution < 1.29 is 23.8 Å². The first-order chi connectivity index (χ1) is 20.4. The smallest absolute Gasteiger partial charge is 0.268 e. The number of hydrogen-bond acceptors (Lipinski definition) is 10. The number of nitrogens with one attached hydrogen (secondary N) is 2. The van der Waals surface area contributed by atoms with Crippen LogP contribution >= 0.6 is 11.8 Å². The summed E-state index contributed by atoms with van der Waals surface area (Å²) in [6.45, 7) is 3.96. The van der Waals surface area contributed by atoms with Gasteiger partial charge in [-0.2, -0.15) is 5.26 Å². The average molecular weight is 588 g/mol. The van der Waals surface area contributed by atoms with Gasteiger partial charge in [-0.05, 0) is 37.4 Å². The van der Waals surface area contributed by atoms with Gasteiger partial charge in [0.2, 0.25) is 6.10 Å². The van der Waals surface area contributed by atoms with Crippen LogP contribution < -0.4 is 24.8 Å². The van der Waals surface area contributed by atoms with Crippen molar-refractivity contribution in [1.82, 2.24) is 15.1 Å². The van der Waals surface area contributed by atoms with E-state index in [1.165, 1.54) is 11.8 Å². The van der Waals surface area contributed by atoms with E-state index in [1.54, 1.807) is 62.8 Å². The second-order valence-corrected chi connectivity index (χ2v) is 11.3. The van der Waals surface area contributed by atoms with Crippen molar-refractivity contribution in [3.63, 3.8) is 0 Å². The molecular weight excluding hydrogens is 554 g/mol. The third kappa shape index (κ3) is 6.79. The lowest BCUT2D eigenvalue weighted by molar-refractivity contribution is -0.128. The first-order valence-corrected chi connectivity index (χ1v) is 14.4. The fourth-order valence-electron chi connectivity index (χ4n) is 4.80. The van der Waals surface area contributed by atoms with E-state index in [9.17, 15) is 9.59 Å². The Morgan fingerprint density at radius 3 is 2.33 bits per heavy atom. The first-order valence-electron chi connectivity index (χ1n) is 13.6. The summed E-state index contributed by atoms with van der Waals surface area (Å²) in [7, 11) is 5.23. The zero-order valence-corrected chi connectivity index (χ0v) is 24.6. The maximum atomic E-state index is 13.7. The fraction of sp³-hybridized carbons (Fsp3) is 0.323. The Morgan fingerprint density at radius 1 is 1.02 bits per heavy atom. The van der Waals surface area contributed by atoms with Crippen molar-refractivity contribution in [2.45, 2.75) is 16.5 Å². The van der Waals surface area contributed by atoms with Gasteiger partial charge in [-0.1, -0.05) is 36.0 Å². The van der Waals surface area contributed by atoms with Gasteiger partial charge in [0.05, 0.1) is 38.1 Å². The maximum absolute atomic E-state index is 13.7. The van der Waals surface area contributed by atoms with Crippen LogP contribution in [0.15, 0.2) is 65.6 Å². The summed E-state index contributed by atoms with van der Waals surface area (Å²) in [6.07, 6.45) is -1.00. The predicted octanol–water partition coefficient (Wildman–Crippen LogP) is 3.74. The quantitative estimate of drug-likeness (QED) is 0.340. The zero-order valence-electron chi connectivity index (χ0n) is 23.8. The van der Waals surface area contributed by atoms with Crippen molar-refractivity contribution in [2.24, 2.45) is 0 Å². The van der Waals surface area contributed by atoms with Gasteiger partial charge < -0.3 is 29.7 Å². The molecule has 0 saturated carbocycles. The van der Waals surface area contributed by atoms with E-state index in [2.05, 4.69) is 33.6 Å². The third-order valence-corrected chi connectivity index (χ3v) is 8.33. The Bertz CT molecular complexity index is 1430. The molecule has 11 heteroatoms. The molecule has 3 aromatic rings. The van der Waals surface area contributed by atoms with Crippen molar-refractivity contribution >= 4 is 29.1 Å². The zero-order chi connectivity index (χ0) is 29.6. The monoisotopic (exact) mass is 587 g/mol. The SMILES string of the molecule is COc1cc2c(cc1OC)SC(NC(=O)C(Oc1ccc(C#N)cc1)c1ccc(C(=O)CN3CCN(C)CC3)cc1)N2. The Hall–Kier alpha value is -4.24. The molecule has 218 valence electrons. The second kappa shape index (κ2) is 13.2. The number of amides is 1. The molecule has 2 aliphatic heterocycles. The molecule has 2 heterocycles. The van der Waals surface area contributed by atoms with Crippen LogP contribution in [-0.4, -0.2) is 81.0 Å². The summed E-state index contributed by atoms with van der Waals surface area (Å²) in [5.41, 5.74) is 2.02. The van der Waals surface area contributed by atoms with Crippen LogP contribution in [0.3, 0.4) is 0 Å². The maximum Gasteiger partial charge on any atom is 0.268 e. The third-order valence-electron chi connectivity index (χ3n) is 7.26. The molecule has 1 saturated heterocycles. The van der Waals surface area contributed by atoms with E-state index >= 15 is 0 Å². The first kappa shape index (κ1) is 29.3. The number of carbonyl (C=O) groups is 2. The van der Waals surface area contributed by atoms with E-state index < -0.39 is 11.6 Å². The van der Waals surface area contributed by atoms with E-state index in [4.69, 9.17) is 19.5 Å². The van der Waals surface area contributed by atoms with Crippen molar-refractivity contribution in [3.8, 4) is 23.3 Å². The molecule has 10 nitrogen and oxygen atoms in total. The molecule has 5 rings (SSSR count). The van der Waals surface area contributed by atoms with Gasteiger partial charge in [-0.25, -0.2) is 0 Å². The predicted molar refractivity (Wildman–Crippen MR) is 160 cm³/mol. The number of methoxy groups -OCH3 is 2. The van der Waals surface area contributed by atoms with E-state index in [1.807, 2.05) is 12.1 Å². The number of piperazine rings is 1. The number of Topliss-reactive ketones (excluding diaryl/α,β-unsaturated/α-hetero) is 1. The summed E-state index contributed by atoms with van der Waals surface area (Å²) in [5.74, 6) is 1.29. The van der Waals surface area contributed by atoms with E-state index in [0.717, 1.165) is 36.8 Å². The minimum Gasteiger partial charge on any atom is -0.493 e. The number of thioether (sulfide) groups is 1. The highest BCUT2D eigenvalue weighted by Crippen LogP contribution is 2.44. The Kier molecular flexibility index (Phi) is 9.17. The molecule has 2 unspecified atom stereocenters. The molecular formula is C31H33N5O5S. The number of rotatable bonds is 10. The number of ether oxygens (including phenoxy) is 3. The van der Waals surface area contributed by atoms with Crippen LogP contribution in [-0.2, 0) is 4.79 Å². The Balaban J connectivity index is 1.31. The molecule has 1 amide bonds. The number of nitrogens with zero attached hydrogens (tertiary/aromatic N) is 3. The van der Waals surface area contributed by atoms with Gasteiger partial charge in [-0.3, -0.25) is 14.5 Å². The van der Waals surface area contributed by atoms with Crippen LogP contribution in [0.1, 0.15) is 27.6 Å². The van der Waals surface area contributed by atoms with Gasteiger partial charge >= 0.3 is 0 Å². The summed E-state index contributed by atoms with van der Waals surface area (Å²) < 4.78 is 17.0. The minimum atomic E-state index is -1.00. The summed E-state index contributed by atoms with van der Waals surface area (Å²) in [5, 5.41) is 15.5. The van der Waals surface area contributed by atoms with Crippen molar-refractivity contribution in [3.05, 3.63) is 77.4 Å². The largest absolute Gasteiger partial charge is 0.493 e. The Labute approximate surface area is 249 Å². The van der Waals surface area contributed by atoms with Gasteiger partial charge in [-0.15, -0.1) is 0 Å². The van der Waals surface area contributed by atoms with Crippen LogP contribution in [0.5, 0.6) is 17.2 Å². The normalized spacial score (nSPS) is 17.3. The summed E-state index contributed by atoms with van der Waals surface area (Å²) in [4.78, 5) is 32.0. The van der Waals surface area contributed by atoms with Crippen molar-refractivity contribution in [2.75, 3.05) is 59.3 Å². The number of ketones is 1. The topological polar surface area (TPSA) is 116 Å². The highest BCUT2D eigenvalue weighted by atomic mass is 32.2. The molecule has 2 N–H and O–H groups in total. The highest BCUT2D eigenvalue weighted by molar-refractivity contribution is 8.00. The van der Waals surface area contributed by atoms with Crippen LogP contribution in [0.4, 0.5) is 5.69 Å². The molecule has 1 fully saturated rings. The van der Waals surface area contributed by atoms with Gasteiger partial charge in [0, 0.05) is 48.3 Å². The molecule has 2 aliphatic rings. The molecule has 3 aromatic carbocycles. The van der Waals surface area contributed by atoms with E-state index in [0.29, 0.717) is 40.5 Å². The second-order valence-electron chi connectivity index (χ2n) is 10.1. The van der Waals surface area contributed by atoms with Crippen LogP contribution in [0.2, 0.25) is 0 Å². The molecule has 2 atom stereocenters. The number of anilines is 1. The molecule has 0 bridgehead atoms. The number of benzene rings is 3. The molecule has 42 heavy (non-hydrogen) atoms. The van der Waals surface area contributed by atoms with Gasteiger partial charge in [0.1, 0.15) is 5.75 Å². The number of carbonyl (C=O) groups excluding carboxylic acids is 2. The number of nitriles is 1. The van der Waals surface area contributed by atoms with E-state index in [-0.39, 0.29) is 11.7 Å². The molecule has 0 spiro atoms. The lowest BCUT2D eigenvalue weighted by atomic mass is 10.0. The Morgan fingerprint density at radius 2 is 1.69 bits per heavy atom. The minimum absolute atomic E-state index is 0.0373. The van der Waals surface area contributed by atoms with Gasteiger partial charge in [0.15, 0.2) is 22.8 Å². The summed E-state index contributed by atoms with van der Waals surface area (Å²) in [6, 6.07) is 19.4. The van der Waals surface area contributed by atoms with Gasteiger partial charge in [0.25, 0.3) is 5.91 Å². The number of hydrogen-bond donors (Lipinski definition) is 2. The van der Waals surface area contributed by atoms with Crippen molar-refractivity contribution in [1.29, 1.82) is 5.26 Å². The average Bonchev–Trinajstić information content (AvgIpc) is 3.41. The summed E-state index contributed by atoms with van der Waals surface area (Å²) >= 11 is 1.44. The van der Waals surface area contributed by atoms with Crippen LogP contribution in [0.25, 0.3) is 0 Å².